The predicted octanol–water partition coefficient (Wildman–Crippen LogP) is 3.56. The molecule has 0 bridgehead atoms. The number of aliphatic hydroxyl groups is 1. The Morgan fingerprint density at radius 2 is 2.03 bits per heavy atom. The van der Waals surface area contributed by atoms with Crippen LogP contribution in [0.15, 0.2) is 24.3 Å². The molecule has 0 saturated carbocycles. The number of benzene rings is 2. The molecule has 2 N–H and O–H groups in total. The third-order valence-corrected chi connectivity index (χ3v) is 6.67. The van der Waals surface area contributed by atoms with E-state index in [9.17, 15) is 19.4 Å². The molecule has 5 rings (SSSR count). The lowest BCUT2D eigenvalue weighted by atomic mass is 9.99. The average molecular weight is 467 g/mol. The van der Waals surface area contributed by atoms with Gasteiger partial charge in [0.1, 0.15) is 22.9 Å². The Labute approximate surface area is 196 Å². The number of carbonyl (C=O) groups is 1. The molecule has 1 amide bonds. The highest BCUT2D eigenvalue weighted by atomic mass is 19.1. The van der Waals surface area contributed by atoms with Gasteiger partial charge in [-0.3, -0.25) is 4.79 Å². The molecule has 0 spiro atoms. The van der Waals surface area contributed by atoms with Crippen LogP contribution in [0.5, 0.6) is 11.8 Å². The smallest absolute Gasteiger partial charge is 0.318 e. The number of hydrogen-bond donors (Lipinski definition) is 2. The number of ether oxygens (including phenoxy) is 1. The van der Waals surface area contributed by atoms with Crippen molar-refractivity contribution < 1.29 is 24.1 Å². The van der Waals surface area contributed by atoms with Crippen molar-refractivity contribution in [3.63, 3.8) is 0 Å². The highest BCUT2D eigenvalue weighted by Crippen LogP contribution is 2.41. The van der Waals surface area contributed by atoms with E-state index >= 15 is 0 Å². The predicted molar refractivity (Wildman–Crippen MR) is 126 cm³/mol. The van der Waals surface area contributed by atoms with Crippen molar-refractivity contribution in [1.82, 2.24) is 9.97 Å². The lowest BCUT2D eigenvalue weighted by Gasteiger charge is -2.24. The monoisotopic (exact) mass is 466 g/mol. The zero-order chi connectivity index (χ0) is 24.0. The summed E-state index contributed by atoms with van der Waals surface area (Å²) in [6, 6.07) is 6.22. The molecule has 2 aromatic carbocycles. The third kappa shape index (κ3) is 3.69. The fourth-order valence-corrected chi connectivity index (χ4v) is 5.00. The van der Waals surface area contributed by atoms with Gasteiger partial charge in [-0.15, -0.1) is 0 Å². The number of fused-ring (bicyclic) bond motifs is 2. The summed E-state index contributed by atoms with van der Waals surface area (Å²) in [7, 11) is 1.48. The van der Waals surface area contributed by atoms with E-state index in [0.717, 1.165) is 6.42 Å². The van der Waals surface area contributed by atoms with E-state index in [4.69, 9.17) is 4.74 Å². The van der Waals surface area contributed by atoms with Gasteiger partial charge in [0.2, 0.25) is 0 Å². The van der Waals surface area contributed by atoms with Crippen LogP contribution in [0.25, 0.3) is 10.8 Å². The molecule has 1 unspecified atom stereocenters. The summed E-state index contributed by atoms with van der Waals surface area (Å²) < 4.78 is 20.0. The molecule has 2 aliphatic rings. The van der Waals surface area contributed by atoms with Gasteiger partial charge in [0.25, 0.3) is 5.91 Å². The number of anilines is 2. The SMILES string of the molecule is CCc1c(F)ccc2cc(O)cc(N3Cc4nc(OC)nc(N5CCCC(O)CC5)c4C3=O)c12. The Balaban J connectivity index is 1.65. The van der Waals surface area contributed by atoms with E-state index < -0.39 is 0 Å². The van der Waals surface area contributed by atoms with Gasteiger partial charge in [0.05, 0.1) is 31.1 Å². The molecule has 9 heteroatoms. The number of aryl methyl sites for hydroxylation is 1. The van der Waals surface area contributed by atoms with Crippen LogP contribution in [-0.2, 0) is 13.0 Å². The molecule has 3 heterocycles. The zero-order valence-corrected chi connectivity index (χ0v) is 19.2. The topological polar surface area (TPSA) is 99.0 Å². The molecule has 0 aliphatic carbocycles. The molecule has 0 radical (unpaired) electrons. The molecule has 1 saturated heterocycles. The van der Waals surface area contributed by atoms with Crippen LogP contribution in [0.2, 0.25) is 0 Å². The number of phenolic OH excluding ortho intramolecular Hbond substituents is 1. The van der Waals surface area contributed by atoms with Crippen LogP contribution in [0.4, 0.5) is 15.9 Å². The first-order valence-corrected chi connectivity index (χ1v) is 11.5. The van der Waals surface area contributed by atoms with Crippen molar-refractivity contribution in [3.8, 4) is 11.8 Å². The van der Waals surface area contributed by atoms with E-state index in [1.165, 1.54) is 24.1 Å². The third-order valence-electron chi connectivity index (χ3n) is 6.67. The summed E-state index contributed by atoms with van der Waals surface area (Å²) in [6.45, 7) is 3.21. The maximum absolute atomic E-state index is 14.7. The summed E-state index contributed by atoms with van der Waals surface area (Å²) in [5.41, 5.74) is 1.82. The minimum atomic E-state index is -0.380. The molecular formula is C25H27FN4O4. The van der Waals surface area contributed by atoms with Gasteiger partial charge in [-0.2, -0.15) is 9.97 Å². The number of carbonyl (C=O) groups excluding carboxylic acids is 1. The van der Waals surface area contributed by atoms with Gasteiger partial charge in [-0.25, -0.2) is 4.39 Å². The van der Waals surface area contributed by atoms with E-state index in [1.807, 2.05) is 11.8 Å². The van der Waals surface area contributed by atoms with Crippen LogP contribution in [0.3, 0.4) is 0 Å². The van der Waals surface area contributed by atoms with E-state index in [1.54, 1.807) is 12.1 Å². The van der Waals surface area contributed by atoms with Crippen LogP contribution < -0.4 is 14.5 Å². The van der Waals surface area contributed by atoms with E-state index in [0.29, 0.717) is 71.5 Å². The van der Waals surface area contributed by atoms with Crippen LogP contribution >= 0.6 is 0 Å². The highest BCUT2D eigenvalue weighted by molar-refractivity contribution is 6.16. The Morgan fingerprint density at radius 3 is 2.79 bits per heavy atom. The second-order valence-corrected chi connectivity index (χ2v) is 8.76. The number of aromatic hydroxyl groups is 1. The molecule has 1 fully saturated rings. The molecule has 2 aliphatic heterocycles. The lowest BCUT2D eigenvalue weighted by molar-refractivity contribution is 0.0997. The molecular weight excluding hydrogens is 439 g/mol. The number of hydrogen-bond acceptors (Lipinski definition) is 7. The number of rotatable bonds is 4. The first kappa shape index (κ1) is 22.3. The number of methoxy groups -OCH3 is 1. The fraction of sp³-hybridized carbons (Fsp3) is 0.400. The Kier molecular flexibility index (Phi) is 5.73. The Morgan fingerprint density at radius 1 is 1.21 bits per heavy atom. The van der Waals surface area contributed by atoms with Crippen molar-refractivity contribution >= 4 is 28.2 Å². The second-order valence-electron chi connectivity index (χ2n) is 8.76. The molecule has 1 atom stereocenters. The number of phenols is 1. The molecule has 178 valence electrons. The molecule has 8 nitrogen and oxygen atoms in total. The van der Waals surface area contributed by atoms with Gasteiger partial charge in [-0.05, 0) is 48.8 Å². The maximum atomic E-state index is 14.7. The maximum Gasteiger partial charge on any atom is 0.318 e. The Hall–Kier alpha value is -3.46. The molecule has 3 aromatic rings. The minimum Gasteiger partial charge on any atom is -0.508 e. The van der Waals surface area contributed by atoms with Crippen molar-refractivity contribution in [2.75, 3.05) is 30.0 Å². The van der Waals surface area contributed by atoms with Crippen molar-refractivity contribution in [2.45, 2.75) is 45.3 Å². The number of aliphatic hydroxyl groups excluding tert-OH is 1. The molecule has 1 aromatic heterocycles. The lowest BCUT2D eigenvalue weighted by Crippen LogP contribution is -2.29. The number of amides is 1. The van der Waals surface area contributed by atoms with Crippen molar-refractivity contribution in [1.29, 1.82) is 0 Å². The standard InChI is InChI=1S/C25H27FN4O4/c1-3-17-18(26)7-6-14-11-16(32)12-20(21(14)17)30-13-19-22(24(30)33)23(28-25(27-19)34-2)29-9-4-5-15(31)8-10-29/h6-7,11-12,15,31-32H,3-5,8-10,13H2,1-2H3. The summed E-state index contributed by atoms with van der Waals surface area (Å²) in [5, 5.41) is 21.7. The number of aromatic nitrogens is 2. The average Bonchev–Trinajstić information content (AvgIpc) is 3.00. The first-order chi connectivity index (χ1) is 16.4. The van der Waals surface area contributed by atoms with Crippen LogP contribution in [-0.4, -0.2) is 52.4 Å². The number of nitrogens with zero attached hydrogens (tertiary/aromatic N) is 4. The molecule has 34 heavy (non-hydrogen) atoms. The van der Waals surface area contributed by atoms with Crippen molar-refractivity contribution in [2.24, 2.45) is 0 Å². The largest absolute Gasteiger partial charge is 0.508 e. The van der Waals surface area contributed by atoms with E-state index in [-0.39, 0.29) is 36.1 Å². The van der Waals surface area contributed by atoms with Gasteiger partial charge >= 0.3 is 6.01 Å². The summed E-state index contributed by atoms with van der Waals surface area (Å²) >= 11 is 0. The quantitative estimate of drug-likeness (QED) is 0.607. The second kappa shape index (κ2) is 8.72. The summed E-state index contributed by atoms with van der Waals surface area (Å²) in [5.74, 6) is -0.188. The van der Waals surface area contributed by atoms with Crippen molar-refractivity contribution in [3.05, 3.63) is 46.9 Å². The Bertz CT molecular complexity index is 1280. The summed E-state index contributed by atoms with van der Waals surface area (Å²) in [6.07, 6.45) is 2.10. The number of halogens is 1. The van der Waals surface area contributed by atoms with Gasteiger partial charge in [0.15, 0.2) is 0 Å². The zero-order valence-electron chi connectivity index (χ0n) is 19.2. The van der Waals surface area contributed by atoms with E-state index in [2.05, 4.69) is 9.97 Å². The van der Waals surface area contributed by atoms with Crippen LogP contribution in [0, 0.1) is 5.82 Å². The van der Waals surface area contributed by atoms with Gasteiger partial charge in [0, 0.05) is 24.5 Å². The summed E-state index contributed by atoms with van der Waals surface area (Å²) in [4.78, 5) is 26.3. The van der Waals surface area contributed by atoms with Gasteiger partial charge in [-0.1, -0.05) is 13.0 Å². The highest BCUT2D eigenvalue weighted by Gasteiger charge is 2.37. The minimum absolute atomic E-state index is 0.00897. The first-order valence-electron chi connectivity index (χ1n) is 11.5. The van der Waals surface area contributed by atoms with Crippen LogP contribution in [0.1, 0.15) is 47.8 Å². The normalized spacial score (nSPS) is 18.4. The van der Waals surface area contributed by atoms with Gasteiger partial charge < -0.3 is 24.7 Å². The fourth-order valence-electron chi connectivity index (χ4n) is 5.00.